The largest absolute Gasteiger partial charge is 0.339 e. The lowest BCUT2D eigenvalue weighted by Gasteiger charge is -2.33. The molecule has 1 amide bonds. The van der Waals surface area contributed by atoms with Crippen LogP contribution in [0.5, 0.6) is 0 Å². The average molecular weight is 613 g/mol. The molecule has 1 heterocycles. The standard InChI is InChI=1S/C24H21Br2ClN2O3S/c25-17-5-8-19(9-6-17)33(31,32)28-23-4-2-1-3-21(23)24(30)29-13-11-16(12-14-29)20-10-7-18(26)15-22(20)27/h1-10,15-16,28H,11-14H2. The molecule has 172 valence electrons. The zero-order valence-corrected chi connectivity index (χ0v) is 22.2. The van der Waals surface area contributed by atoms with Crippen LogP contribution in [0.25, 0.3) is 0 Å². The molecule has 1 aliphatic rings. The molecule has 0 saturated carbocycles. The van der Waals surface area contributed by atoms with Crippen molar-refractivity contribution >= 4 is 65.1 Å². The van der Waals surface area contributed by atoms with Crippen LogP contribution < -0.4 is 4.72 Å². The molecule has 4 rings (SSSR count). The van der Waals surface area contributed by atoms with E-state index in [0.717, 1.165) is 32.4 Å². The van der Waals surface area contributed by atoms with Crippen LogP contribution in [0.2, 0.25) is 5.02 Å². The number of carbonyl (C=O) groups excluding carboxylic acids is 1. The van der Waals surface area contributed by atoms with Crippen molar-refractivity contribution in [2.24, 2.45) is 0 Å². The van der Waals surface area contributed by atoms with Crippen molar-refractivity contribution in [3.63, 3.8) is 0 Å². The molecule has 3 aromatic rings. The quantitative estimate of drug-likeness (QED) is 0.349. The van der Waals surface area contributed by atoms with E-state index in [1.54, 1.807) is 41.3 Å². The summed E-state index contributed by atoms with van der Waals surface area (Å²) in [5.74, 6) is 0.0882. The number of hydrogen-bond acceptors (Lipinski definition) is 3. The van der Waals surface area contributed by atoms with Crippen LogP contribution in [0.4, 0.5) is 5.69 Å². The number of rotatable bonds is 5. The summed E-state index contributed by atoms with van der Waals surface area (Å²) in [6.45, 7) is 1.15. The number of benzene rings is 3. The van der Waals surface area contributed by atoms with Gasteiger partial charge in [-0.1, -0.05) is 61.7 Å². The third-order valence-corrected chi connectivity index (χ3v) is 8.44. The van der Waals surface area contributed by atoms with E-state index in [-0.39, 0.29) is 22.4 Å². The number of halogens is 3. The van der Waals surface area contributed by atoms with E-state index < -0.39 is 10.0 Å². The van der Waals surface area contributed by atoms with Gasteiger partial charge in [-0.05, 0) is 72.9 Å². The van der Waals surface area contributed by atoms with Crippen LogP contribution in [-0.2, 0) is 10.0 Å². The summed E-state index contributed by atoms with van der Waals surface area (Å²) in [7, 11) is -3.83. The van der Waals surface area contributed by atoms with Gasteiger partial charge in [-0.2, -0.15) is 0 Å². The number of nitrogens with zero attached hydrogens (tertiary/aromatic N) is 1. The van der Waals surface area contributed by atoms with E-state index in [4.69, 9.17) is 11.6 Å². The smallest absolute Gasteiger partial charge is 0.261 e. The number of amides is 1. The van der Waals surface area contributed by atoms with Gasteiger partial charge in [0.05, 0.1) is 16.1 Å². The van der Waals surface area contributed by atoms with Crippen molar-refractivity contribution in [3.8, 4) is 0 Å². The summed E-state index contributed by atoms with van der Waals surface area (Å²) >= 11 is 13.2. The lowest BCUT2D eigenvalue weighted by atomic mass is 9.89. The Balaban J connectivity index is 1.49. The van der Waals surface area contributed by atoms with Crippen LogP contribution >= 0.6 is 43.5 Å². The first kappa shape index (κ1) is 24.3. The fourth-order valence-corrected chi connectivity index (χ4v) is 6.14. The molecule has 0 atom stereocenters. The van der Waals surface area contributed by atoms with Gasteiger partial charge < -0.3 is 4.90 Å². The van der Waals surface area contributed by atoms with E-state index in [1.807, 2.05) is 18.2 Å². The second kappa shape index (κ2) is 10.2. The maximum absolute atomic E-state index is 13.3. The molecule has 0 radical (unpaired) electrons. The number of anilines is 1. The number of sulfonamides is 1. The van der Waals surface area contributed by atoms with Crippen LogP contribution in [0.3, 0.4) is 0 Å². The van der Waals surface area contributed by atoms with Gasteiger partial charge in [-0.3, -0.25) is 9.52 Å². The number of likely N-dealkylation sites (tertiary alicyclic amines) is 1. The normalized spacial score (nSPS) is 14.8. The summed E-state index contributed by atoms with van der Waals surface area (Å²) in [6.07, 6.45) is 1.58. The average Bonchev–Trinajstić information content (AvgIpc) is 2.79. The fourth-order valence-electron chi connectivity index (χ4n) is 3.97. The van der Waals surface area contributed by atoms with Crippen LogP contribution in [0.1, 0.15) is 34.7 Å². The Hall–Kier alpha value is -1.87. The van der Waals surface area contributed by atoms with E-state index in [1.165, 1.54) is 12.1 Å². The molecule has 1 N–H and O–H groups in total. The third-order valence-electron chi connectivity index (χ3n) is 5.71. The lowest BCUT2D eigenvalue weighted by molar-refractivity contribution is 0.0714. The molecule has 0 spiro atoms. The molecule has 1 saturated heterocycles. The zero-order valence-electron chi connectivity index (χ0n) is 17.5. The summed E-state index contributed by atoms with van der Waals surface area (Å²) in [4.78, 5) is 15.2. The highest BCUT2D eigenvalue weighted by molar-refractivity contribution is 9.10. The molecule has 1 fully saturated rings. The van der Waals surface area contributed by atoms with Crippen molar-refractivity contribution in [2.45, 2.75) is 23.7 Å². The lowest BCUT2D eigenvalue weighted by Crippen LogP contribution is -2.38. The predicted octanol–water partition coefficient (Wildman–Crippen LogP) is 6.69. The molecule has 0 unspecified atom stereocenters. The highest BCUT2D eigenvalue weighted by Crippen LogP contribution is 2.35. The number of hydrogen-bond donors (Lipinski definition) is 1. The van der Waals surface area contributed by atoms with Crippen molar-refractivity contribution in [2.75, 3.05) is 17.8 Å². The topological polar surface area (TPSA) is 66.5 Å². The second-order valence-corrected chi connectivity index (χ2v) is 11.8. The predicted molar refractivity (Wildman–Crippen MR) is 138 cm³/mol. The van der Waals surface area contributed by atoms with E-state index in [9.17, 15) is 13.2 Å². The molecule has 3 aromatic carbocycles. The first-order valence-corrected chi connectivity index (χ1v) is 13.8. The minimum atomic E-state index is -3.83. The summed E-state index contributed by atoms with van der Waals surface area (Å²) < 4.78 is 30.0. The van der Waals surface area contributed by atoms with Gasteiger partial charge in [-0.15, -0.1) is 0 Å². The maximum Gasteiger partial charge on any atom is 0.261 e. The van der Waals surface area contributed by atoms with Gasteiger partial charge in [0.25, 0.3) is 15.9 Å². The Labute approximate surface area is 215 Å². The zero-order chi connectivity index (χ0) is 23.6. The summed E-state index contributed by atoms with van der Waals surface area (Å²) in [6, 6.07) is 18.9. The van der Waals surface area contributed by atoms with Crippen molar-refractivity contribution in [1.82, 2.24) is 4.90 Å². The Bertz CT molecular complexity index is 1280. The molecule has 0 aliphatic carbocycles. The minimum absolute atomic E-state index is 0.125. The highest BCUT2D eigenvalue weighted by atomic mass is 79.9. The van der Waals surface area contributed by atoms with Gasteiger partial charge in [-0.25, -0.2) is 8.42 Å². The molecule has 0 aromatic heterocycles. The van der Waals surface area contributed by atoms with Gasteiger partial charge in [0.1, 0.15) is 0 Å². The maximum atomic E-state index is 13.3. The highest BCUT2D eigenvalue weighted by Gasteiger charge is 2.27. The summed E-state index contributed by atoms with van der Waals surface area (Å²) in [5.41, 5.74) is 1.69. The molecular weight excluding hydrogens is 592 g/mol. The Morgan fingerprint density at radius 1 is 0.939 bits per heavy atom. The number of para-hydroxylation sites is 1. The first-order valence-electron chi connectivity index (χ1n) is 10.4. The van der Waals surface area contributed by atoms with E-state index in [0.29, 0.717) is 18.7 Å². The van der Waals surface area contributed by atoms with Crippen LogP contribution in [-0.4, -0.2) is 32.3 Å². The van der Waals surface area contributed by atoms with Gasteiger partial charge >= 0.3 is 0 Å². The number of nitrogens with one attached hydrogen (secondary N) is 1. The van der Waals surface area contributed by atoms with Crippen molar-refractivity contribution < 1.29 is 13.2 Å². The monoisotopic (exact) mass is 610 g/mol. The SMILES string of the molecule is O=C(c1ccccc1NS(=O)(=O)c1ccc(Br)cc1)N1CCC(c2ccc(Br)cc2Cl)CC1. The van der Waals surface area contributed by atoms with Gasteiger partial charge in [0, 0.05) is 27.1 Å². The van der Waals surface area contributed by atoms with Crippen LogP contribution in [0.15, 0.2) is 80.6 Å². The van der Waals surface area contributed by atoms with Crippen molar-refractivity contribution in [3.05, 3.63) is 91.8 Å². The Morgan fingerprint density at radius 3 is 2.24 bits per heavy atom. The van der Waals surface area contributed by atoms with Crippen molar-refractivity contribution in [1.29, 1.82) is 0 Å². The first-order chi connectivity index (χ1) is 15.7. The number of piperidine rings is 1. The Morgan fingerprint density at radius 2 is 1.58 bits per heavy atom. The summed E-state index contributed by atoms with van der Waals surface area (Å²) in [5, 5.41) is 0.724. The van der Waals surface area contributed by atoms with E-state index >= 15 is 0 Å². The van der Waals surface area contributed by atoms with Gasteiger partial charge in [0.15, 0.2) is 0 Å². The molecule has 0 bridgehead atoms. The molecule has 5 nitrogen and oxygen atoms in total. The molecule has 33 heavy (non-hydrogen) atoms. The molecule has 9 heteroatoms. The number of carbonyl (C=O) groups is 1. The molecular formula is C24H21Br2ClN2O3S. The fraction of sp³-hybridized carbons (Fsp3) is 0.208. The van der Waals surface area contributed by atoms with Crippen LogP contribution in [0, 0.1) is 0 Å². The second-order valence-electron chi connectivity index (χ2n) is 7.84. The third kappa shape index (κ3) is 5.62. The van der Waals surface area contributed by atoms with Gasteiger partial charge in [0.2, 0.25) is 0 Å². The minimum Gasteiger partial charge on any atom is -0.339 e. The van der Waals surface area contributed by atoms with E-state index in [2.05, 4.69) is 36.6 Å². The molecule has 1 aliphatic heterocycles. The Kier molecular flexibility index (Phi) is 7.48.